The van der Waals surface area contributed by atoms with E-state index in [0.29, 0.717) is 28.2 Å². The van der Waals surface area contributed by atoms with Crippen LogP contribution in [0.25, 0.3) is 0 Å². The number of carbonyl (C=O) groups excluding carboxylic acids is 2. The number of nitrogens with one attached hydrogen (secondary N) is 3. The molecule has 2 amide bonds. The van der Waals surface area contributed by atoms with Gasteiger partial charge in [-0.25, -0.2) is 4.98 Å². The number of aromatic nitrogens is 1. The molecule has 0 spiro atoms. The van der Waals surface area contributed by atoms with E-state index in [1.54, 1.807) is 35.6 Å². The minimum Gasteiger partial charge on any atom is -0.349 e. The Labute approximate surface area is 156 Å². The molecule has 1 saturated heterocycles. The number of anilines is 1. The molecule has 0 atom stereocenters. The van der Waals surface area contributed by atoms with Gasteiger partial charge in [0, 0.05) is 28.2 Å². The highest BCUT2D eigenvalue weighted by molar-refractivity contribution is 7.15. The van der Waals surface area contributed by atoms with Crippen molar-refractivity contribution in [3.05, 3.63) is 46.5 Å². The topological polar surface area (TPSA) is 83.1 Å². The number of rotatable bonds is 5. The molecule has 7 heteroatoms. The third kappa shape index (κ3) is 4.11. The van der Waals surface area contributed by atoms with Crippen LogP contribution < -0.4 is 16.0 Å². The van der Waals surface area contributed by atoms with Crippen molar-refractivity contribution in [2.45, 2.75) is 37.6 Å². The van der Waals surface area contributed by atoms with Gasteiger partial charge in [-0.2, -0.15) is 0 Å². The van der Waals surface area contributed by atoms with E-state index < -0.39 is 0 Å². The lowest BCUT2D eigenvalue weighted by Gasteiger charge is -2.20. The van der Waals surface area contributed by atoms with E-state index in [1.807, 2.05) is 6.20 Å². The highest BCUT2D eigenvalue weighted by atomic mass is 32.1. The Morgan fingerprint density at radius 3 is 2.31 bits per heavy atom. The Morgan fingerprint density at radius 2 is 1.65 bits per heavy atom. The van der Waals surface area contributed by atoms with Gasteiger partial charge in [-0.3, -0.25) is 14.9 Å². The second kappa shape index (κ2) is 7.55. The second-order valence-electron chi connectivity index (χ2n) is 6.87. The molecular weight excluding hydrogens is 348 g/mol. The van der Waals surface area contributed by atoms with Crippen molar-refractivity contribution in [3.8, 4) is 0 Å². The van der Waals surface area contributed by atoms with E-state index in [4.69, 9.17) is 0 Å². The van der Waals surface area contributed by atoms with Crippen LogP contribution in [0.2, 0.25) is 0 Å². The second-order valence-corrected chi connectivity index (χ2v) is 7.93. The van der Waals surface area contributed by atoms with Crippen molar-refractivity contribution >= 4 is 28.3 Å². The third-order valence-corrected chi connectivity index (χ3v) is 5.88. The molecule has 2 aromatic rings. The molecule has 1 aromatic heterocycles. The molecule has 2 fully saturated rings. The largest absolute Gasteiger partial charge is 0.349 e. The number of benzene rings is 1. The summed E-state index contributed by atoms with van der Waals surface area (Å²) < 4.78 is 0. The Kier molecular flexibility index (Phi) is 4.99. The van der Waals surface area contributed by atoms with Gasteiger partial charge in [0.1, 0.15) is 0 Å². The van der Waals surface area contributed by atoms with Crippen LogP contribution in [0.1, 0.15) is 57.2 Å². The summed E-state index contributed by atoms with van der Waals surface area (Å²) in [4.78, 5) is 30.0. The maximum atomic E-state index is 12.4. The maximum Gasteiger partial charge on any atom is 0.257 e. The minimum absolute atomic E-state index is 0.0778. The van der Waals surface area contributed by atoms with Crippen LogP contribution in [0.5, 0.6) is 0 Å². The number of amides is 2. The van der Waals surface area contributed by atoms with Crippen LogP contribution in [0.4, 0.5) is 5.13 Å². The average Bonchev–Trinajstić information content (AvgIpc) is 3.37. The molecule has 0 radical (unpaired) electrons. The monoisotopic (exact) mass is 370 g/mol. The summed E-state index contributed by atoms with van der Waals surface area (Å²) in [6, 6.07) is 7.06. The maximum absolute atomic E-state index is 12.4. The van der Waals surface area contributed by atoms with Gasteiger partial charge < -0.3 is 10.6 Å². The first kappa shape index (κ1) is 17.2. The van der Waals surface area contributed by atoms with Crippen LogP contribution in [0, 0.1) is 0 Å². The molecule has 0 unspecified atom stereocenters. The first-order valence-corrected chi connectivity index (χ1v) is 9.89. The number of nitrogens with zero attached hydrogens (tertiary/aromatic N) is 1. The fraction of sp³-hybridized carbons (Fsp3) is 0.421. The zero-order valence-electron chi connectivity index (χ0n) is 14.5. The summed E-state index contributed by atoms with van der Waals surface area (Å²) in [6.07, 6.45) is 6.21. The Morgan fingerprint density at radius 1 is 1.00 bits per heavy atom. The van der Waals surface area contributed by atoms with Crippen molar-refractivity contribution in [1.29, 1.82) is 0 Å². The molecule has 26 heavy (non-hydrogen) atoms. The van der Waals surface area contributed by atoms with Crippen molar-refractivity contribution < 1.29 is 9.59 Å². The average molecular weight is 370 g/mol. The van der Waals surface area contributed by atoms with Crippen molar-refractivity contribution in [3.63, 3.8) is 0 Å². The van der Waals surface area contributed by atoms with Crippen LogP contribution >= 0.6 is 11.3 Å². The Bertz CT molecular complexity index is 792. The van der Waals surface area contributed by atoms with E-state index in [-0.39, 0.29) is 11.8 Å². The van der Waals surface area contributed by atoms with Crippen molar-refractivity contribution in [2.24, 2.45) is 0 Å². The molecule has 2 aliphatic rings. The summed E-state index contributed by atoms with van der Waals surface area (Å²) in [5, 5.41) is 9.78. The van der Waals surface area contributed by atoms with Crippen LogP contribution in [-0.4, -0.2) is 35.9 Å². The van der Waals surface area contributed by atoms with Gasteiger partial charge in [0.2, 0.25) is 0 Å². The molecule has 1 aliphatic carbocycles. The van der Waals surface area contributed by atoms with Gasteiger partial charge in [-0.1, -0.05) is 0 Å². The molecule has 0 bridgehead atoms. The van der Waals surface area contributed by atoms with E-state index in [9.17, 15) is 9.59 Å². The van der Waals surface area contributed by atoms with Gasteiger partial charge in [0.05, 0.1) is 0 Å². The summed E-state index contributed by atoms with van der Waals surface area (Å²) in [6.45, 7) is 2.07. The fourth-order valence-corrected chi connectivity index (χ4v) is 4.06. The SMILES string of the molecule is O=C(Nc1ncc(C2CCNCC2)s1)c1ccc(C(=O)NC2CC2)cc1. The first-order chi connectivity index (χ1) is 12.7. The van der Waals surface area contributed by atoms with Crippen LogP contribution in [-0.2, 0) is 0 Å². The highest BCUT2D eigenvalue weighted by Crippen LogP contribution is 2.31. The molecule has 2 heterocycles. The number of piperidine rings is 1. The zero-order chi connectivity index (χ0) is 17.9. The predicted octanol–water partition coefficient (Wildman–Crippen LogP) is 2.75. The van der Waals surface area contributed by atoms with Crippen LogP contribution in [0.15, 0.2) is 30.5 Å². The summed E-state index contributed by atoms with van der Waals surface area (Å²) >= 11 is 1.55. The molecular formula is C19H22N4O2S. The van der Waals surface area contributed by atoms with E-state index in [2.05, 4.69) is 20.9 Å². The zero-order valence-corrected chi connectivity index (χ0v) is 15.3. The molecule has 3 N–H and O–H groups in total. The number of carbonyl (C=O) groups is 2. The van der Waals surface area contributed by atoms with Crippen molar-refractivity contribution in [2.75, 3.05) is 18.4 Å². The Hall–Kier alpha value is -2.25. The lowest BCUT2D eigenvalue weighted by atomic mass is 9.97. The van der Waals surface area contributed by atoms with Crippen molar-refractivity contribution in [1.82, 2.24) is 15.6 Å². The fourth-order valence-electron chi connectivity index (χ4n) is 3.08. The predicted molar refractivity (Wildman–Crippen MR) is 102 cm³/mol. The molecule has 6 nitrogen and oxygen atoms in total. The van der Waals surface area contributed by atoms with E-state index in [1.165, 1.54) is 4.88 Å². The quantitative estimate of drug-likeness (QED) is 0.756. The van der Waals surface area contributed by atoms with Gasteiger partial charge in [0.15, 0.2) is 5.13 Å². The summed E-state index contributed by atoms with van der Waals surface area (Å²) in [5.74, 6) is 0.250. The minimum atomic E-state index is -0.203. The van der Waals surface area contributed by atoms with Gasteiger partial charge >= 0.3 is 0 Å². The normalized spacial score (nSPS) is 17.7. The smallest absolute Gasteiger partial charge is 0.257 e. The first-order valence-electron chi connectivity index (χ1n) is 9.08. The summed E-state index contributed by atoms with van der Waals surface area (Å²) in [7, 11) is 0. The highest BCUT2D eigenvalue weighted by Gasteiger charge is 2.24. The molecule has 4 rings (SSSR count). The standard InChI is InChI=1S/C19H22N4O2S/c24-17(22-15-5-6-15)13-1-3-14(4-2-13)18(25)23-19-21-11-16(26-19)12-7-9-20-10-8-12/h1-4,11-12,15,20H,5-10H2,(H,22,24)(H,21,23,25). The number of thiazole rings is 1. The number of hydrogen-bond donors (Lipinski definition) is 3. The number of hydrogen-bond acceptors (Lipinski definition) is 5. The molecule has 1 aliphatic heterocycles. The summed E-state index contributed by atoms with van der Waals surface area (Å²) in [5.41, 5.74) is 1.10. The van der Waals surface area contributed by atoms with Gasteiger partial charge in [-0.05, 0) is 69.0 Å². The lowest BCUT2D eigenvalue weighted by Crippen LogP contribution is -2.26. The molecule has 1 aromatic carbocycles. The molecule has 1 saturated carbocycles. The van der Waals surface area contributed by atoms with Gasteiger partial charge in [-0.15, -0.1) is 11.3 Å². The molecule has 136 valence electrons. The van der Waals surface area contributed by atoms with E-state index >= 15 is 0 Å². The Balaban J connectivity index is 1.36. The van der Waals surface area contributed by atoms with E-state index in [0.717, 1.165) is 38.8 Å². The van der Waals surface area contributed by atoms with Crippen LogP contribution in [0.3, 0.4) is 0 Å². The lowest BCUT2D eigenvalue weighted by molar-refractivity contribution is 0.0949. The third-order valence-electron chi connectivity index (χ3n) is 4.81. The van der Waals surface area contributed by atoms with Gasteiger partial charge in [0.25, 0.3) is 11.8 Å².